The Balaban J connectivity index is 1.11. The standard InChI is InChI=1S/C51H38N4/c1-5-15-35(16-6-1)39-23-13-24-40(31-39)42-28-30-48-46(34-42)45-33-41(36-17-7-2-8-18-36)27-29-47(45)55(48)44-26-14-25-43(32-44)51-53-49(37-19-9-3-10-20-37)52-50(54-51)38-21-11-4-12-22-38/h1-34,49,51,53H,(H,52,54). The molecule has 0 saturated heterocycles. The molecule has 1 aliphatic rings. The maximum absolute atomic E-state index is 5.25. The third kappa shape index (κ3) is 6.29. The Morgan fingerprint density at radius 2 is 0.855 bits per heavy atom. The Morgan fingerprint density at radius 3 is 1.47 bits per heavy atom. The molecule has 0 saturated carbocycles. The number of hydrogen-bond acceptors (Lipinski definition) is 3. The van der Waals surface area contributed by atoms with Gasteiger partial charge >= 0.3 is 0 Å². The van der Waals surface area contributed by atoms with Crippen LogP contribution in [0.4, 0.5) is 0 Å². The van der Waals surface area contributed by atoms with Crippen LogP contribution >= 0.6 is 0 Å². The van der Waals surface area contributed by atoms with Crippen molar-refractivity contribution < 1.29 is 0 Å². The van der Waals surface area contributed by atoms with Crippen LogP contribution in [0.5, 0.6) is 0 Å². The van der Waals surface area contributed by atoms with E-state index in [1.807, 2.05) is 6.07 Å². The fourth-order valence-corrected chi connectivity index (χ4v) is 7.92. The quantitative estimate of drug-likeness (QED) is 0.173. The minimum Gasteiger partial charge on any atom is -0.350 e. The third-order valence-electron chi connectivity index (χ3n) is 10.7. The lowest BCUT2D eigenvalue weighted by atomic mass is 9.97. The maximum Gasteiger partial charge on any atom is 0.131 e. The summed E-state index contributed by atoms with van der Waals surface area (Å²) in [5, 5.41) is 9.89. The number of aromatic nitrogens is 1. The molecule has 2 N–H and O–H groups in total. The molecule has 0 spiro atoms. The highest BCUT2D eigenvalue weighted by Gasteiger charge is 2.26. The lowest BCUT2D eigenvalue weighted by Crippen LogP contribution is -2.44. The summed E-state index contributed by atoms with van der Waals surface area (Å²) in [6.45, 7) is 0. The Hall–Kier alpha value is -7.01. The summed E-state index contributed by atoms with van der Waals surface area (Å²) in [4.78, 5) is 5.25. The zero-order chi connectivity index (χ0) is 36.6. The van der Waals surface area contributed by atoms with Crippen molar-refractivity contribution in [1.29, 1.82) is 0 Å². The molecule has 0 aliphatic carbocycles. The van der Waals surface area contributed by atoms with Crippen LogP contribution in [0.3, 0.4) is 0 Å². The molecule has 1 aromatic heterocycles. The van der Waals surface area contributed by atoms with Crippen molar-refractivity contribution in [2.24, 2.45) is 4.99 Å². The molecule has 262 valence electrons. The topological polar surface area (TPSA) is 41.4 Å². The number of aliphatic imine (C=N–C) groups is 1. The minimum atomic E-state index is -0.261. The molecule has 8 aromatic carbocycles. The number of nitrogens with zero attached hydrogens (tertiary/aromatic N) is 2. The number of benzene rings is 8. The first kappa shape index (κ1) is 32.6. The molecule has 2 atom stereocenters. The fourth-order valence-electron chi connectivity index (χ4n) is 7.92. The highest BCUT2D eigenvalue weighted by molar-refractivity contribution is 6.11. The van der Waals surface area contributed by atoms with Gasteiger partial charge in [0.25, 0.3) is 0 Å². The maximum atomic E-state index is 5.25. The van der Waals surface area contributed by atoms with Crippen LogP contribution in [0.1, 0.15) is 29.0 Å². The molecule has 10 rings (SSSR count). The van der Waals surface area contributed by atoms with E-state index in [1.165, 1.54) is 44.2 Å². The summed E-state index contributed by atoms with van der Waals surface area (Å²) in [5.41, 5.74) is 14.0. The molecular weight excluding hydrogens is 669 g/mol. The van der Waals surface area contributed by atoms with Crippen molar-refractivity contribution in [3.05, 3.63) is 223 Å². The first-order valence-corrected chi connectivity index (χ1v) is 18.9. The van der Waals surface area contributed by atoms with E-state index in [0.717, 1.165) is 39.2 Å². The average Bonchev–Trinajstić information content (AvgIpc) is 3.60. The van der Waals surface area contributed by atoms with Gasteiger partial charge in [-0.05, 0) is 87.0 Å². The van der Waals surface area contributed by atoms with Gasteiger partial charge in [-0.2, -0.15) is 0 Å². The molecule has 0 radical (unpaired) electrons. The summed E-state index contributed by atoms with van der Waals surface area (Å²) in [6.07, 6.45) is -0.367. The Bertz CT molecular complexity index is 2810. The largest absolute Gasteiger partial charge is 0.350 e. The summed E-state index contributed by atoms with van der Waals surface area (Å²) >= 11 is 0. The van der Waals surface area contributed by atoms with Crippen molar-refractivity contribution in [3.8, 4) is 39.1 Å². The molecule has 2 heterocycles. The zero-order valence-electron chi connectivity index (χ0n) is 30.2. The van der Waals surface area contributed by atoms with Gasteiger partial charge in [-0.3, -0.25) is 5.32 Å². The Labute approximate surface area is 321 Å². The van der Waals surface area contributed by atoms with Gasteiger partial charge in [0.15, 0.2) is 0 Å². The Kier molecular flexibility index (Phi) is 8.36. The van der Waals surface area contributed by atoms with Gasteiger partial charge in [-0.15, -0.1) is 0 Å². The summed E-state index contributed by atoms with van der Waals surface area (Å²) < 4.78 is 2.41. The molecule has 55 heavy (non-hydrogen) atoms. The molecule has 0 fully saturated rings. The van der Waals surface area contributed by atoms with E-state index in [2.05, 4.69) is 215 Å². The van der Waals surface area contributed by atoms with Crippen molar-refractivity contribution in [2.75, 3.05) is 0 Å². The number of nitrogens with one attached hydrogen (secondary N) is 2. The SMILES string of the molecule is c1ccc(C2=NC(c3cccc(-n4c5ccc(-c6ccccc6)cc5c5cc(-c6cccc(-c7ccccc7)c6)ccc54)c3)NC(c3ccccc3)N2)cc1. The average molecular weight is 707 g/mol. The van der Waals surface area contributed by atoms with E-state index >= 15 is 0 Å². The lowest BCUT2D eigenvalue weighted by molar-refractivity contribution is 0.409. The van der Waals surface area contributed by atoms with Crippen LogP contribution in [0.2, 0.25) is 0 Å². The van der Waals surface area contributed by atoms with E-state index in [4.69, 9.17) is 4.99 Å². The van der Waals surface area contributed by atoms with Crippen LogP contribution in [0.15, 0.2) is 211 Å². The Morgan fingerprint density at radius 1 is 0.382 bits per heavy atom. The molecule has 4 nitrogen and oxygen atoms in total. The number of fused-ring (bicyclic) bond motifs is 3. The third-order valence-corrected chi connectivity index (χ3v) is 10.7. The second kappa shape index (κ2) is 14.1. The number of rotatable bonds is 7. The minimum absolute atomic E-state index is 0.106. The number of amidine groups is 1. The summed E-state index contributed by atoms with van der Waals surface area (Å²) in [6, 6.07) is 73.7. The van der Waals surface area contributed by atoms with E-state index in [1.54, 1.807) is 0 Å². The van der Waals surface area contributed by atoms with Gasteiger partial charge in [-0.25, -0.2) is 4.99 Å². The van der Waals surface area contributed by atoms with Crippen molar-refractivity contribution in [3.63, 3.8) is 0 Å². The second-order valence-electron chi connectivity index (χ2n) is 14.1. The lowest BCUT2D eigenvalue weighted by Gasteiger charge is -2.32. The smallest absolute Gasteiger partial charge is 0.131 e. The van der Waals surface area contributed by atoms with Gasteiger partial charge in [0.2, 0.25) is 0 Å². The second-order valence-corrected chi connectivity index (χ2v) is 14.1. The van der Waals surface area contributed by atoms with Crippen LogP contribution in [0, 0.1) is 0 Å². The van der Waals surface area contributed by atoms with E-state index in [-0.39, 0.29) is 12.3 Å². The van der Waals surface area contributed by atoms with Gasteiger partial charge in [0, 0.05) is 22.0 Å². The molecule has 2 unspecified atom stereocenters. The van der Waals surface area contributed by atoms with Crippen molar-refractivity contribution in [1.82, 2.24) is 15.2 Å². The van der Waals surface area contributed by atoms with Crippen molar-refractivity contribution in [2.45, 2.75) is 12.3 Å². The predicted octanol–water partition coefficient (Wildman–Crippen LogP) is 12.1. The molecule has 0 amide bonds. The fraction of sp³-hybridized carbons (Fsp3) is 0.0392. The highest BCUT2D eigenvalue weighted by Crippen LogP contribution is 2.38. The monoisotopic (exact) mass is 706 g/mol. The van der Waals surface area contributed by atoms with Crippen LogP contribution in [-0.2, 0) is 0 Å². The normalized spacial score (nSPS) is 15.5. The van der Waals surface area contributed by atoms with E-state index in [0.29, 0.717) is 0 Å². The molecular formula is C51H38N4. The van der Waals surface area contributed by atoms with Gasteiger partial charge in [0.05, 0.1) is 11.0 Å². The first-order chi connectivity index (χ1) is 27.2. The highest BCUT2D eigenvalue weighted by atomic mass is 15.3. The van der Waals surface area contributed by atoms with Crippen LogP contribution in [-0.4, -0.2) is 10.4 Å². The van der Waals surface area contributed by atoms with Gasteiger partial charge in [-0.1, -0.05) is 164 Å². The van der Waals surface area contributed by atoms with Crippen LogP contribution in [0.25, 0.3) is 60.9 Å². The van der Waals surface area contributed by atoms with Gasteiger partial charge in [0.1, 0.15) is 18.2 Å². The van der Waals surface area contributed by atoms with E-state index < -0.39 is 0 Å². The van der Waals surface area contributed by atoms with Crippen molar-refractivity contribution >= 4 is 27.6 Å². The summed E-state index contributed by atoms with van der Waals surface area (Å²) in [7, 11) is 0. The predicted molar refractivity (Wildman–Crippen MR) is 228 cm³/mol. The number of hydrogen-bond donors (Lipinski definition) is 2. The zero-order valence-corrected chi connectivity index (χ0v) is 30.2. The molecule has 4 heteroatoms. The molecule has 9 aromatic rings. The van der Waals surface area contributed by atoms with Crippen LogP contribution < -0.4 is 10.6 Å². The van der Waals surface area contributed by atoms with Gasteiger partial charge < -0.3 is 9.88 Å². The first-order valence-electron chi connectivity index (χ1n) is 18.9. The molecule has 1 aliphatic heterocycles. The summed E-state index contributed by atoms with van der Waals surface area (Å²) in [5.74, 6) is 0.873. The molecule has 0 bridgehead atoms. The van der Waals surface area contributed by atoms with E-state index in [9.17, 15) is 0 Å².